The third kappa shape index (κ3) is 4.06. The van der Waals surface area contributed by atoms with Crippen LogP contribution in [-0.2, 0) is 10.0 Å². The van der Waals surface area contributed by atoms with E-state index in [-0.39, 0.29) is 6.04 Å². The molecule has 2 aromatic carbocycles. The molecule has 1 fully saturated rings. The Morgan fingerprint density at radius 1 is 1.00 bits per heavy atom. The first-order valence-corrected chi connectivity index (χ1v) is 10.8. The average Bonchev–Trinajstić information content (AvgIpc) is 2.61. The Balaban J connectivity index is 1.69. The highest BCUT2D eigenvalue weighted by Crippen LogP contribution is 2.40. The lowest BCUT2D eigenvalue weighted by atomic mass is 9.69. The Hall–Kier alpha value is -1.39. The fraction of sp³-hybridized carbons (Fsp3) is 0.524. The number of sulfonamides is 1. The first-order valence-electron chi connectivity index (χ1n) is 9.33. The molecule has 0 heterocycles. The summed E-state index contributed by atoms with van der Waals surface area (Å²) in [7, 11) is -3.46. The largest absolute Gasteiger partial charge is 0.240 e. The van der Waals surface area contributed by atoms with E-state index in [0.717, 1.165) is 36.5 Å². The van der Waals surface area contributed by atoms with Crippen LogP contribution in [0.4, 0.5) is 0 Å². The van der Waals surface area contributed by atoms with E-state index in [1.807, 2.05) is 30.3 Å². The first-order chi connectivity index (χ1) is 11.8. The molecule has 0 bridgehead atoms. The smallest absolute Gasteiger partial charge is 0.208 e. The predicted octanol–water partition coefficient (Wildman–Crippen LogP) is 5.11. The summed E-state index contributed by atoms with van der Waals surface area (Å²) in [6, 6.07) is 13.3. The lowest BCUT2D eigenvalue weighted by Crippen LogP contribution is -2.39. The first kappa shape index (κ1) is 18.4. The summed E-state index contributed by atoms with van der Waals surface area (Å²) in [4.78, 5) is 0.363. The van der Waals surface area contributed by atoms with Gasteiger partial charge in [0.1, 0.15) is 0 Å². The maximum atomic E-state index is 12.8. The summed E-state index contributed by atoms with van der Waals surface area (Å²) < 4.78 is 28.5. The monoisotopic (exact) mass is 359 g/mol. The van der Waals surface area contributed by atoms with Crippen molar-refractivity contribution in [3.63, 3.8) is 0 Å². The molecule has 3 nitrogen and oxygen atoms in total. The van der Waals surface area contributed by atoms with Crippen LogP contribution in [0, 0.1) is 11.3 Å². The Kier molecular flexibility index (Phi) is 5.21. The summed E-state index contributed by atoms with van der Waals surface area (Å²) in [5, 5.41) is 2.02. The molecule has 0 atom stereocenters. The SMILES string of the molecule is CCC(C)(C)C1CCC(NS(=O)(=O)c2ccc3ccccc3c2)CC1. The summed E-state index contributed by atoms with van der Waals surface area (Å²) in [5.74, 6) is 0.693. The summed E-state index contributed by atoms with van der Waals surface area (Å²) >= 11 is 0. The number of fused-ring (bicyclic) bond motifs is 1. The Morgan fingerprint density at radius 3 is 2.28 bits per heavy atom. The van der Waals surface area contributed by atoms with Gasteiger partial charge >= 0.3 is 0 Å². The fourth-order valence-corrected chi connectivity index (χ4v) is 5.24. The number of nitrogens with one attached hydrogen (secondary N) is 1. The van der Waals surface area contributed by atoms with Crippen LogP contribution in [0.25, 0.3) is 10.8 Å². The van der Waals surface area contributed by atoms with Crippen LogP contribution in [0.1, 0.15) is 52.9 Å². The third-order valence-electron chi connectivity index (χ3n) is 6.10. The standard InChI is InChI=1S/C21H29NO2S/c1-4-21(2,3)18-10-12-19(13-11-18)22-25(23,24)20-14-9-16-7-5-6-8-17(16)15-20/h5-9,14-15,18-19,22H,4,10-13H2,1-3H3. The molecule has 1 aliphatic carbocycles. The molecule has 1 N–H and O–H groups in total. The molecule has 0 saturated heterocycles. The molecule has 0 spiro atoms. The molecule has 0 radical (unpaired) electrons. The number of benzene rings is 2. The van der Waals surface area contributed by atoms with Crippen molar-refractivity contribution < 1.29 is 8.42 Å². The van der Waals surface area contributed by atoms with E-state index in [9.17, 15) is 8.42 Å². The van der Waals surface area contributed by atoms with E-state index in [0.29, 0.717) is 16.2 Å². The van der Waals surface area contributed by atoms with Crippen molar-refractivity contribution >= 4 is 20.8 Å². The van der Waals surface area contributed by atoms with E-state index in [1.54, 1.807) is 12.1 Å². The van der Waals surface area contributed by atoms with Gasteiger partial charge in [-0.2, -0.15) is 0 Å². The van der Waals surface area contributed by atoms with Crippen LogP contribution in [0.3, 0.4) is 0 Å². The van der Waals surface area contributed by atoms with E-state index in [1.165, 1.54) is 6.42 Å². The molecule has 0 unspecified atom stereocenters. The van der Waals surface area contributed by atoms with E-state index >= 15 is 0 Å². The van der Waals surface area contributed by atoms with Gasteiger partial charge in [0.25, 0.3) is 0 Å². The van der Waals surface area contributed by atoms with E-state index < -0.39 is 10.0 Å². The van der Waals surface area contributed by atoms with Gasteiger partial charge in [-0.15, -0.1) is 0 Å². The van der Waals surface area contributed by atoms with E-state index in [2.05, 4.69) is 25.5 Å². The van der Waals surface area contributed by atoms with Gasteiger partial charge in [0.2, 0.25) is 10.0 Å². The lowest BCUT2D eigenvalue weighted by molar-refractivity contribution is 0.142. The second-order valence-electron chi connectivity index (χ2n) is 8.02. The topological polar surface area (TPSA) is 46.2 Å². The summed E-state index contributed by atoms with van der Waals surface area (Å²) in [6.07, 6.45) is 5.24. The molecule has 1 aliphatic rings. The van der Waals surface area contributed by atoms with Crippen molar-refractivity contribution in [1.29, 1.82) is 0 Å². The molecule has 0 aromatic heterocycles. The van der Waals surface area contributed by atoms with Crippen LogP contribution in [-0.4, -0.2) is 14.5 Å². The highest BCUT2D eigenvalue weighted by Gasteiger charge is 2.33. The van der Waals surface area contributed by atoms with Gasteiger partial charge in [-0.05, 0) is 59.9 Å². The molecule has 3 rings (SSSR count). The average molecular weight is 360 g/mol. The predicted molar refractivity (Wildman–Crippen MR) is 104 cm³/mol. The van der Waals surface area contributed by atoms with Crippen LogP contribution in [0.15, 0.2) is 47.4 Å². The molecule has 1 saturated carbocycles. The molecule has 2 aromatic rings. The zero-order valence-electron chi connectivity index (χ0n) is 15.5. The zero-order chi connectivity index (χ0) is 18.1. The molecular formula is C21H29NO2S. The van der Waals surface area contributed by atoms with Crippen molar-refractivity contribution in [3.8, 4) is 0 Å². The minimum Gasteiger partial charge on any atom is -0.208 e. The van der Waals surface area contributed by atoms with Crippen molar-refractivity contribution in [1.82, 2.24) is 4.72 Å². The summed E-state index contributed by atoms with van der Waals surface area (Å²) in [5.41, 5.74) is 0.349. The van der Waals surface area contributed by atoms with E-state index in [4.69, 9.17) is 0 Å². The van der Waals surface area contributed by atoms with Gasteiger partial charge in [-0.1, -0.05) is 57.5 Å². The van der Waals surface area contributed by atoms with Gasteiger partial charge in [0, 0.05) is 6.04 Å². The fourth-order valence-electron chi connectivity index (χ4n) is 3.90. The Bertz CT molecular complexity index is 834. The second-order valence-corrected chi connectivity index (χ2v) is 9.73. The van der Waals surface area contributed by atoms with Crippen LogP contribution in [0.2, 0.25) is 0 Å². The highest BCUT2D eigenvalue weighted by atomic mass is 32.2. The highest BCUT2D eigenvalue weighted by molar-refractivity contribution is 7.89. The minimum atomic E-state index is -3.46. The Morgan fingerprint density at radius 2 is 1.64 bits per heavy atom. The number of hydrogen-bond donors (Lipinski definition) is 1. The molecule has 0 amide bonds. The molecular weight excluding hydrogens is 330 g/mol. The normalized spacial score (nSPS) is 22.2. The van der Waals surface area contributed by atoms with Crippen molar-refractivity contribution in [3.05, 3.63) is 42.5 Å². The number of hydrogen-bond acceptors (Lipinski definition) is 2. The van der Waals surface area contributed by atoms with Crippen molar-refractivity contribution in [2.75, 3.05) is 0 Å². The lowest BCUT2D eigenvalue weighted by Gasteiger charge is -2.39. The molecule has 25 heavy (non-hydrogen) atoms. The van der Waals surface area contributed by atoms with Gasteiger partial charge in [-0.3, -0.25) is 0 Å². The maximum absolute atomic E-state index is 12.8. The van der Waals surface area contributed by atoms with Gasteiger partial charge in [0.15, 0.2) is 0 Å². The van der Waals surface area contributed by atoms with Gasteiger partial charge < -0.3 is 0 Å². The zero-order valence-corrected chi connectivity index (χ0v) is 16.3. The minimum absolute atomic E-state index is 0.0559. The summed E-state index contributed by atoms with van der Waals surface area (Å²) in [6.45, 7) is 6.91. The molecule has 136 valence electrons. The Labute approximate surface area is 151 Å². The maximum Gasteiger partial charge on any atom is 0.240 e. The van der Waals surface area contributed by atoms with Crippen LogP contribution < -0.4 is 4.72 Å². The third-order valence-corrected chi connectivity index (χ3v) is 7.61. The second kappa shape index (κ2) is 7.08. The van der Waals surface area contributed by atoms with Crippen molar-refractivity contribution in [2.45, 2.75) is 63.8 Å². The van der Waals surface area contributed by atoms with Gasteiger partial charge in [-0.25, -0.2) is 13.1 Å². The molecule has 0 aliphatic heterocycles. The molecule has 4 heteroatoms. The number of rotatable bonds is 5. The quantitative estimate of drug-likeness (QED) is 0.806. The van der Waals surface area contributed by atoms with Gasteiger partial charge in [0.05, 0.1) is 4.90 Å². The van der Waals surface area contributed by atoms with Crippen molar-refractivity contribution in [2.24, 2.45) is 11.3 Å². The van der Waals surface area contributed by atoms with Crippen LogP contribution >= 0.6 is 0 Å². The van der Waals surface area contributed by atoms with Crippen LogP contribution in [0.5, 0.6) is 0 Å².